The summed E-state index contributed by atoms with van der Waals surface area (Å²) in [5.74, 6) is 5.21. The van der Waals surface area contributed by atoms with Crippen molar-refractivity contribution >= 4 is 32.9 Å². The van der Waals surface area contributed by atoms with E-state index in [0.29, 0.717) is 17.8 Å². The third-order valence-corrected chi connectivity index (χ3v) is 4.96. The SMILES string of the molecule is COc1ccc(Cn2nc(-c3cccc(C(=O)ON)c3)c3cc(Br)cnc32)cc1. The van der Waals surface area contributed by atoms with E-state index in [9.17, 15) is 4.79 Å². The Balaban J connectivity index is 1.80. The zero-order chi connectivity index (χ0) is 20.4. The number of carbonyl (C=O) groups excluding carboxylic acids is 1. The summed E-state index contributed by atoms with van der Waals surface area (Å²) >= 11 is 3.48. The van der Waals surface area contributed by atoms with Gasteiger partial charge in [-0.25, -0.2) is 14.5 Å². The van der Waals surface area contributed by atoms with Crippen molar-refractivity contribution in [3.05, 3.63) is 76.4 Å². The van der Waals surface area contributed by atoms with Gasteiger partial charge in [0.1, 0.15) is 11.4 Å². The molecule has 4 rings (SSSR count). The summed E-state index contributed by atoms with van der Waals surface area (Å²) in [4.78, 5) is 20.7. The molecule has 8 heteroatoms. The van der Waals surface area contributed by atoms with Crippen LogP contribution in [-0.4, -0.2) is 27.8 Å². The summed E-state index contributed by atoms with van der Waals surface area (Å²) < 4.78 is 7.90. The van der Waals surface area contributed by atoms with Crippen LogP contribution >= 0.6 is 15.9 Å². The first-order valence-electron chi connectivity index (χ1n) is 8.75. The van der Waals surface area contributed by atoms with Crippen LogP contribution in [0.3, 0.4) is 0 Å². The molecule has 4 aromatic rings. The lowest BCUT2D eigenvalue weighted by atomic mass is 10.1. The van der Waals surface area contributed by atoms with Gasteiger partial charge in [0.25, 0.3) is 0 Å². The molecule has 0 bridgehead atoms. The Morgan fingerprint density at radius 2 is 1.97 bits per heavy atom. The molecule has 0 aliphatic rings. The van der Waals surface area contributed by atoms with Crippen LogP contribution in [0.2, 0.25) is 0 Å². The molecular formula is C21H17BrN4O3. The van der Waals surface area contributed by atoms with Crippen LogP contribution in [0, 0.1) is 0 Å². The molecule has 29 heavy (non-hydrogen) atoms. The Labute approximate surface area is 175 Å². The molecule has 0 saturated carbocycles. The summed E-state index contributed by atoms with van der Waals surface area (Å²) in [6.45, 7) is 0.541. The van der Waals surface area contributed by atoms with E-state index < -0.39 is 5.97 Å². The van der Waals surface area contributed by atoms with Crippen LogP contribution in [0.5, 0.6) is 5.75 Å². The molecule has 2 heterocycles. The Hall–Kier alpha value is -3.23. The largest absolute Gasteiger partial charge is 0.497 e. The maximum absolute atomic E-state index is 11.8. The van der Waals surface area contributed by atoms with Crippen LogP contribution < -0.4 is 10.6 Å². The lowest BCUT2D eigenvalue weighted by Crippen LogP contribution is -2.09. The highest BCUT2D eigenvalue weighted by Crippen LogP contribution is 2.30. The van der Waals surface area contributed by atoms with Gasteiger partial charge in [0, 0.05) is 21.6 Å². The molecule has 0 unspecified atom stereocenters. The molecule has 0 amide bonds. The zero-order valence-electron chi connectivity index (χ0n) is 15.5. The van der Waals surface area contributed by atoms with E-state index in [4.69, 9.17) is 15.7 Å². The molecule has 2 aromatic heterocycles. The molecule has 0 aliphatic carbocycles. The highest BCUT2D eigenvalue weighted by atomic mass is 79.9. The van der Waals surface area contributed by atoms with Crippen molar-refractivity contribution in [2.24, 2.45) is 5.90 Å². The van der Waals surface area contributed by atoms with Crippen LogP contribution in [-0.2, 0) is 11.4 Å². The summed E-state index contributed by atoms with van der Waals surface area (Å²) in [6, 6.07) is 16.8. The van der Waals surface area contributed by atoms with Crippen molar-refractivity contribution in [1.82, 2.24) is 14.8 Å². The average Bonchev–Trinajstić information content (AvgIpc) is 3.11. The van der Waals surface area contributed by atoms with E-state index in [0.717, 1.165) is 32.4 Å². The van der Waals surface area contributed by atoms with E-state index in [-0.39, 0.29) is 0 Å². The molecule has 0 saturated heterocycles. The van der Waals surface area contributed by atoms with Crippen molar-refractivity contribution < 1.29 is 14.4 Å². The summed E-state index contributed by atoms with van der Waals surface area (Å²) in [5.41, 5.74) is 3.64. The summed E-state index contributed by atoms with van der Waals surface area (Å²) in [5, 5.41) is 5.65. The molecule has 7 nitrogen and oxygen atoms in total. The quantitative estimate of drug-likeness (QED) is 0.460. The predicted octanol–water partition coefficient (Wildman–Crippen LogP) is 3.95. The van der Waals surface area contributed by atoms with E-state index >= 15 is 0 Å². The van der Waals surface area contributed by atoms with Gasteiger partial charge in [-0.3, -0.25) is 0 Å². The molecule has 2 aromatic carbocycles. The van der Waals surface area contributed by atoms with Crippen molar-refractivity contribution in [3.63, 3.8) is 0 Å². The number of benzene rings is 2. The molecular weight excluding hydrogens is 436 g/mol. The number of hydrogen-bond donors (Lipinski definition) is 1. The first kappa shape index (κ1) is 19.1. The Morgan fingerprint density at radius 3 is 2.69 bits per heavy atom. The molecule has 0 atom stereocenters. The standard InChI is InChI=1S/C21H17BrN4O3/c1-28-17-7-5-13(6-8-17)12-26-20-18(10-16(22)11-24-20)19(25-26)14-3-2-4-15(9-14)21(27)29-23/h2-11H,12,23H2,1H3. The second-order valence-electron chi connectivity index (χ2n) is 6.37. The van der Waals surface area contributed by atoms with Gasteiger partial charge >= 0.3 is 5.97 Å². The van der Waals surface area contributed by atoms with Gasteiger partial charge in [0.15, 0.2) is 5.65 Å². The Kier molecular flexibility index (Phi) is 5.28. The third kappa shape index (κ3) is 3.85. The number of carbonyl (C=O) groups is 1. The van der Waals surface area contributed by atoms with E-state index in [1.165, 1.54) is 0 Å². The van der Waals surface area contributed by atoms with Crippen molar-refractivity contribution in [1.29, 1.82) is 0 Å². The number of hydrogen-bond acceptors (Lipinski definition) is 6. The van der Waals surface area contributed by atoms with Crippen molar-refractivity contribution in [2.45, 2.75) is 6.54 Å². The minimum Gasteiger partial charge on any atom is -0.497 e. The number of nitrogens with zero attached hydrogens (tertiary/aromatic N) is 3. The summed E-state index contributed by atoms with van der Waals surface area (Å²) in [6.07, 6.45) is 1.74. The van der Waals surface area contributed by atoms with Gasteiger partial charge in [-0.15, -0.1) is 0 Å². The van der Waals surface area contributed by atoms with Crippen LogP contribution in [0.4, 0.5) is 0 Å². The number of methoxy groups -OCH3 is 1. The highest BCUT2D eigenvalue weighted by Gasteiger charge is 2.16. The number of aromatic nitrogens is 3. The number of halogens is 1. The highest BCUT2D eigenvalue weighted by molar-refractivity contribution is 9.10. The molecule has 2 N–H and O–H groups in total. The van der Waals surface area contributed by atoms with E-state index in [2.05, 4.69) is 25.8 Å². The van der Waals surface area contributed by atoms with Gasteiger partial charge in [0.2, 0.25) is 0 Å². The number of rotatable bonds is 5. The monoisotopic (exact) mass is 452 g/mol. The molecule has 146 valence electrons. The van der Waals surface area contributed by atoms with Crippen LogP contribution in [0.15, 0.2) is 65.3 Å². The van der Waals surface area contributed by atoms with Crippen LogP contribution in [0.1, 0.15) is 15.9 Å². The van der Waals surface area contributed by atoms with E-state index in [1.54, 1.807) is 31.5 Å². The van der Waals surface area contributed by atoms with E-state index in [1.807, 2.05) is 41.1 Å². The first-order chi connectivity index (χ1) is 14.1. The fourth-order valence-electron chi connectivity index (χ4n) is 3.12. The normalized spacial score (nSPS) is 10.9. The number of fused-ring (bicyclic) bond motifs is 1. The second kappa shape index (κ2) is 8.02. The molecule has 0 fully saturated rings. The fourth-order valence-corrected chi connectivity index (χ4v) is 3.45. The maximum atomic E-state index is 11.8. The minimum absolute atomic E-state index is 0.353. The number of pyridine rings is 1. The molecule has 0 spiro atoms. The summed E-state index contributed by atoms with van der Waals surface area (Å²) in [7, 11) is 1.64. The first-order valence-corrected chi connectivity index (χ1v) is 9.55. The van der Waals surface area contributed by atoms with Crippen LogP contribution in [0.25, 0.3) is 22.3 Å². The van der Waals surface area contributed by atoms with Gasteiger partial charge < -0.3 is 9.57 Å². The topological polar surface area (TPSA) is 92.3 Å². The minimum atomic E-state index is -0.604. The van der Waals surface area contributed by atoms with Gasteiger partial charge in [0.05, 0.1) is 19.2 Å². The fraction of sp³-hybridized carbons (Fsp3) is 0.0952. The van der Waals surface area contributed by atoms with Gasteiger partial charge in [-0.2, -0.15) is 11.0 Å². The predicted molar refractivity (Wildman–Crippen MR) is 112 cm³/mol. The lowest BCUT2D eigenvalue weighted by Gasteiger charge is -2.05. The van der Waals surface area contributed by atoms with Gasteiger partial charge in [-0.1, -0.05) is 24.3 Å². The Bertz CT molecular complexity index is 1190. The van der Waals surface area contributed by atoms with Gasteiger partial charge in [-0.05, 0) is 51.8 Å². The molecule has 0 aliphatic heterocycles. The second-order valence-corrected chi connectivity index (χ2v) is 7.28. The maximum Gasteiger partial charge on any atom is 0.356 e. The smallest absolute Gasteiger partial charge is 0.356 e. The third-order valence-electron chi connectivity index (χ3n) is 4.52. The number of ether oxygens (including phenoxy) is 1. The molecule has 0 radical (unpaired) electrons. The number of nitrogens with two attached hydrogens (primary N) is 1. The lowest BCUT2D eigenvalue weighted by molar-refractivity contribution is 0.0503. The van der Waals surface area contributed by atoms with Crippen molar-refractivity contribution in [3.8, 4) is 17.0 Å². The zero-order valence-corrected chi connectivity index (χ0v) is 17.1. The van der Waals surface area contributed by atoms with Crippen molar-refractivity contribution in [2.75, 3.05) is 7.11 Å². The average molecular weight is 453 g/mol. The Morgan fingerprint density at radius 1 is 1.17 bits per heavy atom.